The predicted octanol–water partition coefficient (Wildman–Crippen LogP) is 4.77. The Morgan fingerprint density at radius 2 is 1.78 bits per heavy atom. The number of allylic oxidation sites excluding steroid dienone is 1. The van der Waals surface area contributed by atoms with E-state index in [1.54, 1.807) is 7.11 Å². The second kappa shape index (κ2) is 6.41. The third-order valence-corrected chi connectivity index (χ3v) is 3.10. The van der Waals surface area contributed by atoms with Crippen molar-refractivity contribution in [3.63, 3.8) is 0 Å². The van der Waals surface area contributed by atoms with Gasteiger partial charge in [0.05, 0.1) is 7.11 Å². The standard InChI is InChI=1S/C16H15BrO/c1-18-16-7-3-2-6-15(16)14-10-8-13(9-11-14)5-4-12-17/h2-11H,12H2,1H3. The molecule has 92 valence electrons. The molecule has 0 saturated carbocycles. The number of alkyl halides is 1. The Bertz CT molecular complexity index is 529. The lowest BCUT2D eigenvalue weighted by molar-refractivity contribution is 0.416. The van der Waals surface area contributed by atoms with Gasteiger partial charge in [0.1, 0.15) is 5.75 Å². The molecule has 2 aromatic rings. The summed E-state index contributed by atoms with van der Waals surface area (Å²) in [7, 11) is 1.70. The van der Waals surface area contributed by atoms with Crippen molar-refractivity contribution in [2.75, 3.05) is 12.4 Å². The molecule has 0 radical (unpaired) electrons. The van der Waals surface area contributed by atoms with E-state index in [1.807, 2.05) is 18.2 Å². The molecular weight excluding hydrogens is 288 g/mol. The Balaban J connectivity index is 2.31. The molecule has 0 bridgehead atoms. The minimum absolute atomic E-state index is 0.876. The number of hydrogen-bond acceptors (Lipinski definition) is 1. The van der Waals surface area contributed by atoms with E-state index in [2.05, 4.69) is 58.4 Å². The van der Waals surface area contributed by atoms with Gasteiger partial charge in [0.2, 0.25) is 0 Å². The van der Waals surface area contributed by atoms with Crippen molar-refractivity contribution in [2.45, 2.75) is 0 Å². The van der Waals surface area contributed by atoms with Gasteiger partial charge in [-0.25, -0.2) is 0 Å². The minimum Gasteiger partial charge on any atom is -0.496 e. The van der Waals surface area contributed by atoms with Gasteiger partial charge in [0, 0.05) is 10.9 Å². The average Bonchev–Trinajstić information content (AvgIpc) is 2.45. The summed E-state index contributed by atoms with van der Waals surface area (Å²) in [5, 5.41) is 0.876. The lowest BCUT2D eigenvalue weighted by Gasteiger charge is -2.08. The van der Waals surface area contributed by atoms with Crippen LogP contribution in [-0.4, -0.2) is 12.4 Å². The highest BCUT2D eigenvalue weighted by atomic mass is 79.9. The van der Waals surface area contributed by atoms with E-state index >= 15 is 0 Å². The van der Waals surface area contributed by atoms with Gasteiger partial charge in [-0.3, -0.25) is 0 Å². The quantitative estimate of drug-likeness (QED) is 0.739. The average molecular weight is 303 g/mol. The molecule has 18 heavy (non-hydrogen) atoms. The lowest BCUT2D eigenvalue weighted by Crippen LogP contribution is -1.87. The first-order chi connectivity index (χ1) is 8.85. The zero-order valence-corrected chi connectivity index (χ0v) is 11.9. The molecule has 0 aromatic heterocycles. The van der Waals surface area contributed by atoms with Crippen LogP contribution in [0.2, 0.25) is 0 Å². The number of methoxy groups -OCH3 is 1. The van der Waals surface area contributed by atoms with Crippen LogP contribution in [-0.2, 0) is 0 Å². The first kappa shape index (κ1) is 12.9. The van der Waals surface area contributed by atoms with Gasteiger partial charge in [0.25, 0.3) is 0 Å². The fraction of sp³-hybridized carbons (Fsp3) is 0.125. The Kier molecular flexibility index (Phi) is 4.59. The molecule has 0 saturated heterocycles. The number of ether oxygens (including phenoxy) is 1. The molecular formula is C16H15BrO. The molecule has 2 heteroatoms. The van der Waals surface area contributed by atoms with Crippen LogP contribution in [0.15, 0.2) is 54.6 Å². The van der Waals surface area contributed by atoms with E-state index in [4.69, 9.17) is 4.74 Å². The summed E-state index contributed by atoms with van der Waals surface area (Å²) in [4.78, 5) is 0. The van der Waals surface area contributed by atoms with Crippen LogP contribution in [0.3, 0.4) is 0 Å². The van der Waals surface area contributed by atoms with Crippen molar-refractivity contribution in [2.24, 2.45) is 0 Å². The van der Waals surface area contributed by atoms with Crippen LogP contribution >= 0.6 is 15.9 Å². The summed E-state index contributed by atoms with van der Waals surface area (Å²) < 4.78 is 5.37. The number of halogens is 1. The fourth-order valence-corrected chi connectivity index (χ4v) is 2.02. The maximum Gasteiger partial charge on any atom is 0.126 e. The molecule has 0 atom stereocenters. The zero-order valence-electron chi connectivity index (χ0n) is 10.3. The Labute approximate surface area is 116 Å². The molecule has 0 heterocycles. The largest absolute Gasteiger partial charge is 0.496 e. The fourth-order valence-electron chi connectivity index (χ4n) is 1.84. The summed E-state index contributed by atoms with van der Waals surface area (Å²) in [5.41, 5.74) is 3.49. The predicted molar refractivity (Wildman–Crippen MR) is 81.3 cm³/mol. The van der Waals surface area contributed by atoms with Crippen LogP contribution in [0.25, 0.3) is 17.2 Å². The number of rotatable bonds is 4. The van der Waals surface area contributed by atoms with Crippen LogP contribution in [0.4, 0.5) is 0 Å². The van der Waals surface area contributed by atoms with Crippen molar-refractivity contribution in [3.05, 3.63) is 60.2 Å². The molecule has 0 unspecified atom stereocenters. The normalized spacial score (nSPS) is 10.8. The molecule has 1 nitrogen and oxygen atoms in total. The van der Waals surface area contributed by atoms with Gasteiger partial charge in [-0.15, -0.1) is 0 Å². The van der Waals surface area contributed by atoms with Crippen molar-refractivity contribution < 1.29 is 4.74 Å². The maximum absolute atomic E-state index is 5.37. The van der Waals surface area contributed by atoms with Crippen molar-refractivity contribution in [3.8, 4) is 16.9 Å². The summed E-state index contributed by atoms with van der Waals surface area (Å²) in [6.07, 6.45) is 4.18. The monoisotopic (exact) mass is 302 g/mol. The smallest absolute Gasteiger partial charge is 0.126 e. The van der Waals surface area contributed by atoms with Crippen LogP contribution in [0.5, 0.6) is 5.75 Å². The molecule has 0 amide bonds. The number of hydrogen-bond donors (Lipinski definition) is 0. The van der Waals surface area contributed by atoms with Gasteiger partial charge >= 0.3 is 0 Å². The molecule has 2 rings (SSSR count). The van der Waals surface area contributed by atoms with E-state index in [1.165, 1.54) is 11.1 Å². The van der Waals surface area contributed by atoms with Gasteiger partial charge in [-0.1, -0.05) is 70.5 Å². The number of benzene rings is 2. The SMILES string of the molecule is COc1ccccc1-c1ccc(C=CCBr)cc1. The van der Waals surface area contributed by atoms with Gasteiger partial charge in [0.15, 0.2) is 0 Å². The molecule has 0 fully saturated rings. The van der Waals surface area contributed by atoms with Crippen molar-refractivity contribution >= 4 is 22.0 Å². The molecule has 2 aromatic carbocycles. The molecule has 0 aliphatic carbocycles. The second-order valence-corrected chi connectivity index (χ2v) is 4.53. The van der Waals surface area contributed by atoms with Crippen molar-refractivity contribution in [1.82, 2.24) is 0 Å². The highest BCUT2D eigenvalue weighted by Crippen LogP contribution is 2.29. The molecule has 0 aliphatic rings. The highest BCUT2D eigenvalue weighted by Gasteiger charge is 2.03. The Morgan fingerprint density at radius 3 is 2.44 bits per heavy atom. The Morgan fingerprint density at radius 1 is 1.06 bits per heavy atom. The highest BCUT2D eigenvalue weighted by molar-refractivity contribution is 9.09. The Hall–Kier alpha value is -1.54. The van der Waals surface area contributed by atoms with Crippen LogP contribution < -0.4 is 4.74 Å². The molecule has 0 aliphatic heterocycles. The summed E-state index contributed by atoms with van der Waals surface area (Å²) in [6.45, 7) is 0. The first-order valence-electron chi connectivity index (χ1n) is 5.81. The summed E-state index contributed by atoms with van der Waals surface area (Å²) in [5.74, 6) is 0.904. The van der Waals surface area contributed by atoms with Gasteiger partial charge in [-0.05, 0) is 17.2 Å². The number of para-hydroxylation sites is 1. The first-order valence-corrected chi connectivity index (χ1v) is 6.93. The molecule has 0 spiro atoms. The van der Waals surface area contributed by atoms with Gasteiger partial charge < -0.3 is 4.74 Å². The summed E-state index contributed by atoms with van der Waals surface area (Å²) >= 11 is 3.37. The van der Waals surface area contributed by atoms with E-state index < -0.39 is 0 Å². The second-order valence-electron chi connectivity index (χ2n) is 3.88. The van der Waals surface area contributed by atoms with Crippen LogP contribution in [0, 0.1) is 0 Å². The topological polar surface area (TPSA) is 9.23 Å². The van der Waals surface area contributed by atoms with E-state index in [-0.39, 0.29) is 0 Å². The maximum atomic E-state index is 5.37. The minimum atomic E-state index is 0.876. The van der Waals surface area contributed by atoms with Crippen LogP contribution in [0.1, 0.15) is 5.56 Å². The van der Waals surface area contributed by atoms with Gasteiger partial charge in [-0.2, -0.15) is 0 Å². The lowest BCUT2D eigenvalue weighted by atomic mass is 10.0. The van der Waals surface area contributed by atoms with E-state index in [9.17, 15) is 0 Å². The third-order valence-electron chi connectivity index (χ3n) is 2.73. The van der Waals surface area contributed by atoms with E-state index in [0.717, 1.165) is 16.6 Å². The summed E-state index contributed by atoms with van der Waals surface area (Å²) in [6, 6.07) is 16.5. The third kappa shape index (κ3) is 3.02. The zero-order chi connectivity index (χ0) is 12.8. The molecule has 0 N–H and O–H groups in total. The van der Waals surface area contributed by atoms with E-state index in [0.29, 0.717) is 0 Å². The van der Waals surface area contributed by atoms with Crippen molar-refractivity contribution in [1.29, 1.82) is 0 Å².